The van der Waals surface area contributed by atoms with Gasteiger partial charge < -0.3 is 9.90 Å². The third-order valence-electron chi connectivity index (χ3n) is 8.82. The first kappa shape index (κ1) is 18.9. The van der Waals surface area contributed by atoms with E-state index in [0.717, 1.165) is 57.8 Å². The maximum Gasteiger partial charge on any atom is 1.00 e. The molecule has 4 saturated carbocycles. The van der Waals surface area contributed by atoms with Crippen molar-refractivity contribution >= 4 is 11.8 Å². The van der Waals surface area contributed by atoms with E-state index >= 15 is 0 Å². The number of carboxylic acid groups (broad SMARTS) is 1. The second-order valence-electron chi connectivity index (χ2n) is 9.95. The van der Waals surface area contributed by atoms with Crippen molar-refractivity contribution in [2.24, 2.45) is 33.5 Å². The van der Waals surface area contributed by atoms with Gasteiger partial charge in [0.25, 0.3) is 0 Å². The summed E-state index contributed by atoms with van der Waals surface area (Å²) in [6, 6.07) is 0. The first-order valence-corrected chi connectivity index (χ1v) is 9.41. The third kappa shape index (κ3) is 2.19. The van der Waals surface area contributed by atoms with Crippen LogP contribution in [0, 0.1) is 33.5 Å². The van der Waals surface area contributed by atoms with Crippen molar-refractivity contribution in [2.75, 3.05) is 0 Å². The fraction of sp³-hybridized carbons (Fsp3) is 0.900. The number of fused-ring (bicyclic) bond motifs is 3. The molecule has 0 saturated heterocycles. The molecule has 3 nitrogen and oxygen atoms in total. The van der Waals surface area contributed by atoms with Crippen LogP contribution in [-0.2, 0) is 9.59 Å². The quantitative estimate of drug-likeness (QED) is 0.637. The standard InChI is InChI=1S/C20H30O3.Na/c1-17-9-5-14-18(2)7-4-8-19(3,16(22)23)13(18)6-10-20(14,12-17)11-15(17)21;/h13-14H,4-12H2,1-3H3,(H,22,23);/q;+1/p-1/t13-,14-,17-,18+,19+,20-;/m0./s1. The normalized spacial score (nSPS) is 52.9. The van der Waals surface area contributed by atoms with Gasteiger partial charge in [0.05, 0.1) is 0 Å². The Morgan fingerprint density at radius 2 is 1.71 bits per heavy atom. The van der Waals surface area contributed by atoms with E-state index in [2.05, 4.69) is 13.8 Å². The minimum Gasteiger partial charge on any atom is -0.550 e. The predicted octanol–water partition coefficient (Wildman–Crippen LogP) is 0.112. The molecular weight excluding hydrogens is 311 g/mol. The van der Waals surface area contributed by atoms with Gasteiger partial charge in [-0.25, -0.2) is 0 Å². The minimum absolute atomic E-state index is 0. The average Bonchev–Trinajstić information content (AvgIpc) is 2.63. The van der Waals surface area contributed by atoms with Gasteiger partial charge >= 0.3 is 29.6 Å². The van der Waals surface area contributed by atoms with E-state index in [-0.39, 0.29) is 51.7 Å². The fourth-order valence-corrected chi connectivity index (χ4v) is 7.75. The Balaban J connectivity index is 0.00000169. The van der Waals surface area contributed by atoms with Crippen LogP contribution in [-0.4, -0.2) is 11.8 Å². The van der Waals surface area contributed by atoms with Gasteiger partial charge in [0, 0.05) is 23.2 Å². The molecule has 4 aliphatic carbocycles. The van der Waals surface area contributed by atoms with Crippen molar-refractivity contribution in [2.45, 2.75) is 78.6 Å². The Kier molecular flexibility index (Phi) is 4.39. The Hall–Kier alpha value is 0.140. The van der Waals surface area contributed by atoms with Gasteiger partial charge in [0.1, 0.15) is 5.78 Å². The van der Waals surface area contributed by atoms with E-state index in [1.807, 2.05) is 6.92 Å². The first-order chi connectivity index (χ1) is 10.7. The van der Waals surface area contributed by atoms with Crippen molar-refractivity contribution < 1.29 is 44.3 Å². The van der Waals surface area contributed by atoms with E-state index in [1.165, 1.54) is 0 Å². The maximum absolute atomic E-state index is 12.6. The van der Waals surface area contributed by atoms with Crippen LogP contribution in [0.4, 0.5) is 0 Å². The summed E-state index contributed by atoms with van der Waals surface area (Å²) in [7, 11) is 0. The molecule has 6 atom stereocenters. The summed E-state index contributed by atoms with van der Waals surface area (Å²) < 4.78 is 0. The number of hydrogen-bond donors (Lipinski definition) is 0. The van der Waals surface area contributed by atoms with Crippen LogP contribution in [0.5, 0.6) is 0 Å². The van der Waals surface area contributed by atoms with Gasteiger partial charge in [0.15, 0.2) is 0 Å². The van der Waals surface area contributed by atoms with E-state index in [4.69, 9.17) is 0 Å². The number of hydrogen-bond acceptors (Lipinski definition) is 3. The second kappa shape index (κ2) is 5.57. The molecule has 4 aliphatic rings. The Morgan fingerprint density at radius 3 is 2.38 bits per heavy atom. The number of Topliss-reactive ketones (excluding diaryl/α,β-unsaturated/α-hetero) is 1. The first-order valence-electron chi connectivity index (χ1n) is 9.41. The minimum atomic E-state index is -0.854. The van der Waals surface area contributed by atoms with Crippen LogP contribution in [0.15, 0.2) is 0 Å². The van der Waals surface area contributed by atoms with Gasteiger partial charge in [-0.15, -0.1) is 0 Å². The molecule has 4 heteroatoms. The molecule has 0 aromatic rings. The molecule has 0 aliphatic heterocycles. The summed E-state index contributed by atoms with van der Waals surface area (Å²) in [5, 5.41) is 11.9. The monoisotopic (exact) mass is 340 g/mol. The van der Waals surface area contributed by atoms with Crippen LogP contribution < -0.4 is 34.7 Å². The molecule has 24 heavy (non-hydrogen) atoms. The summed E-state index contributed by atoms with van der Waals surface area (Å²) in [5.74, 6) is 0.352. The summed E-state index contributed by atoms with van der Waals surface area (Å²) >= 11 is 0. The molecule has 4 rings (SSSR count). The van der Waals surface area contributed by atoms with Crippen LogP contribution in [0.3, 0.4) is 0 Å². The molecule has 0 heterocycles. The van der Waals surface area contributed by atoms with Crippen molar-refractivity contribution in [3.05, 3.63) is 0 Å². The summed E-state index contributed by atoms with van der Waals surface area (Å²) in [6.07, 6.45) is 8.77. The molecule has 0 aromatic carbocycles. The zero-order valence-electron chi connectivity index (χ0n) is 15.7. The van der Waals surface area contributed by atoms with E-state index < -0.39 is 11.4 Å². The maximum atomic E-state index is 12.6. The molecular formula is C20H29NaO3. The zero-order valence-corrected chi connectivity index (χ0v) is 17.7. The molecule has 0 unspecified atom stereocenters. The second-order valence-corrected chi connectivity index (χ2v) is 9.95. The van der Waals surface area contributed by atoms with E-state index in [0.29, 0.717) is 11.7 Å². The zero-order chi connectivity index (χ0) is 16.7. The molecule has 2 bridgehead atoms. The Labute approximate surface area is 167 Å². The van der Waals surface area contributed by atoms with Gasteiger partial charge in [-0.2, -0.15) is 0 Å². The summed E-state index contributed by atoms with van der Waals surface area (Å²) in [5.41, 5.74) is -0.541. The van der Waals surface area contributed by atoms with Gasteiger partial charge in [-0.05, 0) is 67.6 Å². The molecule has 4 fully saturated rings. The Morgan fingerprint density at radius 1 is 1.04 bits per heavy atom. The van der Waals surface area contributed by atoms with Crippen molar-refractivity contribution in [1.29, 1.82) is 0 Å². The van der Waals surface area contributed by atoms with Gasteiger partial charge in [-0.1, -0.05) is 27.2 Å². The number of carboxylic acids is 1. The average molecular weight is 340 g/mol. The van der Waals surface area contributed by atoms with Gasteiger partial charge in [-0.3, -0.25) is 4.79 Å². The van der Waals surface area contributed by atoms with Crippen molar-refractivity contribution in [3.63, 3.8) is 0 Å². The molecule has 0 amide bonds. The molecule has 128 valence electrons. The fourth-order valence-electron chi connectivity index (χ4n) is 7.75. The molecule has 0 radical (unpaired) electrons. The predicted molar refractivity (Wildman–Crippen MR) is 85.3 cm³/mol. The van der Waals surface area contributed by atoms with Crippen molar-refractivity contribution in [1.82, 2.24) is 0 Å². The molecule has 1 spiro atoms. The smallest absolute Gasteiger partial charge is 0.550 e. The van der Waals surface area contributed by atoms with Crippen LogP contribution >= 0.6 is 0 Å². The van der Waals surface area contributed by atoms with Crippen LogP contribution in [0.25, 0.3) is 0 Å². The third-order valence-corrected chi connectivity index (χ3v) is 8.82. The summed E-state index contributed by atoms with van der Waals surface area (Å²) in [4.78, 5) is 24.6. The number of ketones is 1. The van der Waals surface area contributed by atoms with Gasteiger partial charge in [0.2, 0.25) is 0 Å². The number of rotatable bonds is 1. The number of aliphatic carboxylic acids is 1. The van der Waals surface area contributed by atoms with Crippen LogP contribution in [0.2, 0.25) is 0 Å². The topological polar surface area (TPSA) is 57.2 Å². The van der Waals surface area contributed by atoms with E-state index in [1.54, 1.807) is 0 Å². The largest absolute Gasteiger partial charge is 1.00 e. The number of carbonyl (C=O) groups is 2. The molecule has 0 aromatic heterocycles. The SMILES string of the molecule is C[C@@]12CC[C@@H]3[C@@](CC[C@H]4[C@@]3(C)CCC[C@@]4(C)C(=O)[O-])(CC1=O)C2.[Na+]. The number of carbonyl (C=O) groups excluding carboxylic acids is 2. The summed E-state index contributed by atoms with van der Waals surface area (Å²) in [6.45, 7) is 6.44. The molecule has 0 N–H and O–H groups in total. The van der Waals surface area contributed by atoms with Crippen molar-refractivity contribution in [3.8, 4) is 0 Å². The Bertz CT molecular complexity index is 589. The van der Waals surface area contributed by atoms with E-state index in [9.17, 15) is 14.7 Å². The van der Waals surface area contributed by atoms with Crippen LogP contribution in [0.1, 0.15) is 78.6 Å².